The van der Waals surface area contributed by atoms with Gasteiger partial charge < -0.3 is 26.0 Å². The largest absolute Gasteiger partial charge is 0.508 e. The Morgan fingerprint density at radius 2 is 1.92 bits per heavy atom. The summed E-state index contributed by atoms with van der Waals surface area (Å²) in [5, 5.41) is 11.0. The van der Waals surface area contributed by atoms with E-state index in [0.29, 0.717) is 34.8 Å². The standard InChI is InChI=1S/C27H35N5O4/c1-16-5-6-20(33)18(3)22(16)32-23(28)21(24(29)34)19-13-17(2)26(30-25(19)32)36-15-27(7-4-8-27)14-31-9-11-35-12-10-31/h5-6,13,33H,4,7-12,14-15,28H2,1-3H3,(H2,29,34). The van der Waals surface area contributed by atoms with Crippen molar-refractivity contribution in [2.75, 3.05) is 45.2 Å². The molecule has 1 aliphatic carbocycles. The normalized spacial score (nSPS) is 17.8. The Balaban J connectivity index is 1.55. The number of rotatable bonds is 7. The predicted octanol–water partition coefficient (Wildman–Crippen LogP) is 3.22. The van der Waals surface area contributed by atoms with Gasteiger partial charge in [-0.3, -0.25) is 14.3 Å². The van der Waals surface area contributed by atoms with Crippen molar-refractivity contribution in [3.05, 3.63) is 40.5 Å². The molecule has 0 radical (unpaired) electrons. The van der Waals surface area contributed by atoms with E-state index in [-0.39, 0.29) is 22.5 Å². The molecule has 5 rings (SSSR count). The number of morpholine rings is 1. The van der Waals surface area contributed by atoms with E-state index >= 15 is 0 Å². The highest BCUT2D eigenvalue weighted by atomic mass is 16.5. The van der Waals surface area contributed by atoms with E-state index in [0.717, 1.165) is 56.8 Å². The van der Waals surface area contributed by atoms with Crippen LogP contribution in [0.1, 0.15) is 46.3 Å². The van der Waals surface area contributed by atoms with Gasteiger partial charge in [0.15, 0.2) is 5.65 Å². The van der Waals surface area contributed by atoms with E-state index in [9.17, 15) is 9.90 Å². The number of nitrogen functional groups attached to an aromatic ring is 1. The number of phenols is 1. The second-order valence-corrected chi connectivity index (χ2v) is 10.3. The molecule has 9 nitrogen and oxygen atoms in total. The first-order valence-electron chi connectivity index (χ1n) is 12.5. The molecule has 1 saturated heterocycles. The van der Waals surface area contributed by atoms with Crippen molar-refractivity contribution in [1.29, 1.82) is 0 Å². The van der Waals surface area contributed by atoms with E-state index in [4.69, 9.17) is 25.9 Å². The Kier molecular flexibility index (Phi) is 6.30. The molecule has 0 spiro atoms. The van der Waals surface area contributed by atoms with Gasteiger partial charge in [0.25, 0.3) is 5.91 Å². The fourth-order valence-corrected chi connectivity index (χ4v) is 5.59. The van der Waals surface area contributed by atoms with Crippen LogP contribution in [0.5, 0.6) is 11.6 Å². The van der Waals surface area contributed by atoms with Crippen LogP contribution in [0.2, 0.25) is 0 Å². The summed E-state index contributed by atoms with van der Waals surface area (Å²) in [5.41, 5.74) is 16.1. The molecular weight excluding hydrogens is 458 g/mol. The van der Waals surface area contributed by atoms with E-state index in [1.54, 1.807) is 10.6 Å². The zero-order valence-electron chi connectivity index (χ0n) is 21.3. The highest BCUT2D eigenvalue weighted by Gasteiger charge is 2.40. The molecule has 2 aliphatic rings. The number of aryl methyl sites for hydroxylation is 2. The number of amides is 1. The first-order valence-corrected chi connectivity index (χ1v) is 12.5. The Hall–Kier alpha value is -3.30. The number of primary amides is 1. The van der Waals surface area contributed by atoms with Gasteiger partial charge in [-0.1, -0.05) is 12.5 Å². The zero-order valence-corrected chi connectivity index (χ0v) is 21.3. The Labute approximate surface area is 211 Å². The molecule has 1 saturated carbocycles. The average molecular weight is 494 g/mol. The predicted molar refractivity (Wildman–Crippen MR) is 139 cm³/mol. The van der Waals surface area contributed by atoms with Crippen LogP contribution in [0.25, 0.3) is 16.7 Å². The van der Waals surface area contributed by atoms with Gasteiger partial charge in [0.2, 0.25) is 5.88 Å². The van der Waals surface area contributed by atoms with Crippen LogP contribution in [-0.2, 0) is 4.74 Å². The van der Waals surface area contributed by atoms with Crippen molar-refractivity contribution in [1.82, 2.24) is 14.5 Å². The number of ether oxygens (including phenoxy) is 2. The van der Waals surface area contributed by atoms with Crippen LogP contribution < -0.4 is 16.2 Å². The average Bonchev–Trinajstić information content (AvgIpc) is 3.09. The maximum absolute atomic E-state index is 12.4. The van der Waals surface area contributed by atoms with Crippen LogP contribution in [0.15, 0.2) is 18.2 Å². The highest BCUT2D eigenvalue weighted by Crippen LogP contribution is 2.43. The molecule has 192 valence electrons. The minimum absolute atomic E-state index is 0.109. The molecule has 1 aromatic carbocycles. The van der Waals surface area contributed by atoms with Crippen molar-refractivity contribution < 1.29 is 19.4 Å². The molecule has 3 aromatic rings. The second-order valence-electron chi connectivity index (χ2n) is 10.3. The molecule has 5 N–H and O–H groups in total. The summed E-state index contributed by atoms with van der Waals surface area (Å²) in [6, 6.07) is 5.32. The van der Waals surface area contributed by atoms with Gasteiger partial charge in [-0.25, -0.2) is 0 Å². The molecule has 2 fully saturated rings. The van der Waals surface area contributed by atoms with Crippen LogP contribution in [0.3, 0.4) is 0 Å². The molecule has 0 atom stereocenters. The summed E-state index contributed by atoms with van der Waals surface area (Å²) >= 11 is 0. The molecule has 0 unspecified atom stereocenters. The molecule has 1 aliphatic heterocycles. The monoisotopic (exact) mass is 493 g/mol. The lowest BCUT2D eigenvalue weighted by atomic mass is 9.69. The fraction of sp³-hybridized carbons (Fsp3) is 0.481. The molecule has 0 bridgehead atoms. The van der Waals surface area contributed by atoms with Gasteiger partial charge >= 0.3 is 0 Å². The number of phenolic OH excluding ortho intramolecular Hbond substituents is 1. The van der Waals surface area contributed by atoms with Crippen LogP contribution in [-0.4, -0.2) is 64.9 Å². The lowest BCUT2D eigenvalue weighted by molar-refractivity contribution is -0.0249. The number of aromatic nitrogens is 2. The molecule has 36 heavy (non-hydrogen) atoms. The summed E-state index contributed by atoms with van der Waals surface area (Å²) in [4.78, 5) is 19.8. The number of pyridine rings is 1. The van der Waals surface area contributed by atoms with Crippen LogP contribution in [0, 0.1) is 26.2 Å². The van der Waals surface area contributed by atoms with Gasteiger partial charge in [0.1, 0.15) is 11.6 Å². The molecule has 2 aromatic heterocycles. The minimum atomic E-state index is -0.625. The molecule has 1 amide bonds. The first-order chi connectivity index (χ1) is 17.2. The van der Waals surface area contributed by atoms with E-state index in [2.05, 4.69) is 4.90 Å². The summed E-state index contributed by atoms with van der Waals surface area (Å²) < 4.78 is 13.6. The van der Waals surface area contributed by atoms with Crippen molar-refractivity contribution in [2.45, 2.75) is 40.0 Å². The van der Waals surface area contributed by atoms with Crippen LogP contribution in [0.4, 0.5) is 5.82 Å². The Morgan fingerprint density at radius 1 is 1.19 bits per heavy atom. The van der Waals surface area contributed by atoms with Crippen molar-refractivity contribution in [2.24, 2.45) is 11.1 Å². The topological polar surface area (TPSA) is 129 Å². The summed E-state index contributed by atoms with van der Waals surface area (Å²) in [6.45, 7) is 10.7. The fourth-order valence-electron chi connectivity index (χ4n) is 5.59. The third-order valence-corrected chi connectivity index (χ3v) is 7.79. The molecule has 9 heteroatoms. The number of carbonyl (C=O) groups excluding carboxylic acids is 1. The van der Waals surface area contributed by atoms with Crippen molar-refractivity contribution in [3.8, 4) is 17.3 Å². The van der Waals surface area contributed by atoms with Crippen molar-refractivity contribution >= 4 is 22.8 Å². The summed E-state index contributed by atoms with van der Waals surface area (Å²) in [5.74, 6) is 0.221. The minimum Gasteiger partial charge on any atom is -0.508 e. The number of nitrogens with zero attached hydrogens (tertiary/aromatic N) is 3. The number of hydrogen-bond acceptors (Lipinski definition) is 7. The van der Waals surface area contributed by atoms with Gasteiger partial charge in [0.05, 0.1) is 31.1 Å². The highest BCUT2D eigenvalue weighted by molar-refractivity contribution is 6.11. The van der Waals surface area contributed by atoms with Crippen LogP contribution >= 0.6 is 0 Å². The number of hydrogen-bond donors (Lipinski definition) is 3. The number of fused-ring (bicyclic) bond motifs is 1. The third kappa shape index (κ3) is 4.16. The first kappa shape index (κ1) is 24.4. The van der Waals surface area contributed by atoms with Gasteiger partial charge in [-0.05, 0) is 51.3 Å². The quantitative estimate of drug-likeness (QED) is 0.461. The van der Waals surface area contributed by atoms with Gasteiger partial charge in [0, 0.05) is 41.6 Å². The number of benzene rings is 1. The summed E-state index contributed by atoms with van der Waals surface area (Å²) in [6.07, 6.45) is 3.46. The smallest absolute Gasteiger partial charge is 0.253 e. The molecular formula is C27H35N5O4. The lowest BCUT2D eigenvalue weighted by Gasteiger charge is -2.45. The SMILES string of the molecule is Cc1cc2c(C(N)=O)c(N)n(-c3c(C)ccc(O)c3C)c2nc1OCC1(CN2CCOCC2)CCC1. The third-order valence-electron chi connectivity index (χ3n) is 7.79. The Morgan fingerprint density at radius 3 is 2.56 bits per heavy atom. The van der Waals surface area contributed by atoms with Gasteiger partial charge in [-0.15, -0.1) is 0 Å². The summed E-state index contributed by atoms with van der Waals surface area (Å²) in [7, 11) is 0. The maximum Gasteiger partial charge on any atom is 0.253 e. The number of aromatic hydroxyl groups is 1. The maximum atomic E-state index is 12.4. The van der Waals surface area contributed by atoms with E-state index in [1.807, 2.05) is 32.9 Å². The van der Waals surface area contributed by atoms with E-state index < -0.39 is 5.91 Å². The second kappa shape index (κ2) is 9.29. The number of anilines is 1. The zero-order chi connectivity index (χ0) is 25.6. The molecule has 3 heterocycles. The number of carbonyl (C=O) groups is 1. The van der Waals surface area contributed by atoms with E-state index in [1.165, 1.54) is 6.42 Å². The number of nitrogens with two attached hydrogens (primary N) is 2. The lowest BCUT2D eigenvalue weighted by Crippen LogP contribution is -2.49. The van der Waals surface area contributed by atoms with Gasteiger partial charge in [-0.2, -0.15) is 4.98 Å². The Bertz CT molecular complexity index is 1320. The van der Waals surface area contributed by atoms with Crippen molar-refractivity contribution in [3.63, 3.8) is 0 Å².